The monoisotopic (exact) mass is 329 g/mol. The van der Waals surface area contributed by atoms with Crippen LogP contribution in [0.2, 0.25) is 0 Å². The number of aliphatic carboxylic acids is 1. The van der Waals surface area contributed by atoms with Crippen LogP contribution in [0.4, 0.5) is 0 Å². The molecule has 0 saturated carbocycles. The Balaban J connectivity index is 2.25. The second kappa shape index (κ2) is 10.6. The molecule has 1 aliphatic rings. The van der Waals surface area contributed by atoms with Crippen molar-refractivity contribution in [1.29, 1.82) is 0 Å². The summed E-state index contributed by atoms with van der Waals surface area (Å²) in [5.74, 6) is -0.504. The van der Waals surface area contributed by atoms with Crippen LogP contribution in [0.15, 0.2) is 0 Å². The van der Waals surface area contributed by atoms with Crippen molar-refractivity contribution >= 4 is 11.9 Å². The number of hydrogen-bond acceptors (Lipinski definition) is 5. The van der Waals surface area contributed by atoms with Crippen molar-refractivity contribution in [2.75, 3.05) is 39.3 Å². The Labute approximate surface area is 138 Å². The van der Waals surface area contributed by atoms with E-state index in [1.165, 1.54) is 0 Å². The molecule has 7 heteroatoms. The summed E-state index contributed by atoms with van der Waals surface area (Å²) in [6.07, 6.45) is 1.27. The number of carbonyl (C=O) groups excluding carboxylic acids is 1. The normalized spacial score (nSPS) is 20.4. The van der Waals surface area contributed by atoms with E-state index >= 15 is 0 Å². The highest BCUT2D eigenvalue weighted by molar-refractivity contribution is 5.79. The molecule has 134 valence electrons. The van der Waals surface area contributed by atoms with Gasteiger partial charge in [-0.2, -0.15) is 0 Å². The number of ether oxygens (including phenoxy) is 1. The maximum absolute atomic E-state index is 11.8. The van der Waals surface area contributed by atoms with Crippen molar-refractivity contribution in [2.24, 2.45) is 5.92 Å². The lowest BCUT2D eigenvalue weighted by molar-refractivity contribution is -0.139. The number of rotatable bonds is 10. The van der Waals surface area contributed by atoms with Crippen molar-refractivity contribution < 1.29 is 19.4 Å². The third-order valence-electron chi connectivity index (χ3n) is 3.76. The third-order valence-corrected chi connectivity index (χ3v) is 3.76. The fourth-order valence-electron chi connectivity index (χ4n) is 2.69. The molecule has 1 aliphatic heterocycles. The number of amides is 1. The van der Waals surface area contributed by atoms with Crippen LogP contribution in [-0.2, 0) is 14.3 Å². The molecule has 0 aromatic rings. The number of hydrogen-bond donors (Lipinski definition) is 3. The largest absolute Gasteiger partial charge is 0.480 e. The van der Waals surface area contributed by atoms with Crippen molar-refractivity contribution in [2.45, 2.75) is 45.8 Å². The molecule has 1 heterocycles. The average Bonchev–Trinajstić information content (AvgIpc) is 2.48. The number of nitrogens with one attached hydrogen (secondary N) is 2. The number of nitrogens with zero attached hydrogens (tertiary/aromatic N) is 1. The lowest BCUT2D eigenvalue weighted by Crippen LogP contribution is -2.50. The van der Waals surface area contributed by atoms with Crippen LogP contribution in [0, 0.1) is 5.92 Å². The lowest BCUT2D eigenvalue weighted by Gasteiger charge is -2.34. The van der Waals surface area contributed by atoms with E-state index in [2.05, 4.69) is 29.4 Å². The van der Waals surface area contributed by atoms with Gasteiger partial charge in [-0.1, -0.05) is 27.2 Å². The van der Waals surface area contributed by atoms with Gasteiger partial charge in [-0.25, -0.2) is 0 Å². The van der Waals surface area contributed by atoms with E-state index in [0.29, 0.717) is 25.5 Å². The van der Waals surface area contributed by atoms with Crippen LogP contribution in [-0.4, -0.2) is 73.4 Å². The molecule has 2 atom stereocenters. The zero-order valence-corrected chi connectivity index (χ0v) is 14.5. The second-order valence-corrected chi connectivity index (χ2v) is 6.51. The number of carboxylic acid groups (broad SMARTS) is 1. The molecule has 7 nitrogen and oxygen atoms in total. The van der Waals surface area contributed by atoms with Gasteiger partial charge in [0.25, 0.3) is 0 Å². The lowest BCUT2D eigenvalue weighted by atomic mass is 10.1. The highest BCUT2D eigenvalue weighted by atomic mass is 16.5. The van der Waals surface area contributed by atoms with E-state index in [0.717, 1.165) is 26.1 Å². The Bertz CT molecular complexity index is 376. The predicted octanol–water partition coefficient (Wildman–Crippen LogP) is 0.302. The van der Waals surface area contributed by atoms with Gasteiger partial charge in [0, 0.05) is 26.2 Å². The molecule has 3 N–H and O–H groups in total. The molecule has 0 aromatic carbocycles. The summed E-state index contributed by atoms with van der Waals surface area (Å²) < 4.78 is 5.67. The van der Waals surface area contributed by atoms with Crippen molar-refractivity contribution in [3.63, 3.8) is 0 Å². The minimum absolute atomic E-state index is 0.00244. The molecule has 1 saturated heterocycles. The molecular weight excluding hydrogens is 298 g/mol. The molecule has 1 fully saturated rings. The van der Waals surface area contributed by atoms with E-state index in [9.17, 15) is 9.59 Å². The van der Waals surface area contributed by atoms with Gasteiger partial charge in [0.05, 0.1) is 19.3 Å². The van der Waals surface area contributed by atoms with E-state index in [1.54, 1.807) is 0 Å². The Kier molecular flexibility index (Phi) is 9.13. The molecular formula is C16H31N3O4. The van der Waals surface area contributed by atoms with Crippen LogP contribution in [0.25, 0.3) is 0 Å². The summed E-state index contributed by atoms with van der Waals surface area (Å²) >= 11 is 0. The van der Waals surface area contributed by atoms with Crippen molar-refractivity contribution in [3.05, 3.63) is 0 Å². The van der Waals surface area contributed by atoms with Gasteiger partial charge in [-0.05, 0) is 12.3 Å². The first-order valence-corrected chi connectivity index (χ1v) is 8.49. The molecule has 0 aliphatic carbocycles. The van der Waals surface area contributed by atoms with Crippen LogP contribution in [0.3, 0.4) is 0 Å². The third kappa shape index (κ3) is 8.29. The minimum Gasteiger partial charge on any atom is -0.480 e. The molecule has 0 radical (unpaired) electrons. The number of carboxylic acids is 1. The highest BCUT2D eigenvalue weighted by Gasteiger charge is 2.22. The first kappa shape index (κ1) is 19.9. The molecule has 0 aromatic heterocycles. The number of carbonyl (C=O) groups is 2. The van der Waals surface area contributed by atoms with Crippen LogP contribution < -0.4 is 10.6 Å². The summed E-state index contributed by atoms with van der Waals surface area (Å²) in [6, 6.07) is -0.668. The summed E-state index contributed by atoms with van der Waals surface area (Å²) in [5.41, 5.74) is 0. The molecule has 23 heavy (non-hydrogen) atoms. The van der Waals surface area contributed by atoms with E-state index in [-0.39, 0.29) is 18.6 Å². The van der Waals surface area contributed by atoms with Crippen LogP contribution in [0.5, 0.6) is 0 Å². The zero-order valence-electron chi connectivity index (χ0n) is 14.5. The maximum Gasteiger partial charge on any atom is 0.320 e. The first-order chi connectivity index (χ1) is 10.9. The summed E-state index contributed by atoms with van der Waals surface area (Å²) in [5, 5.41) is 14.6. The molecule has 1 rings (SSSR count). The molecule has 0 spiro atoms. The fraction of sp³-hybridized carbons (Fsp3) is 0.875. The molecule has 2 unspecified atom stereocenters. The Morgan fingerprint density at radius 1 is 1.39 bits per heavy atom. The quantitative estimate of drug-likeness (QED) is 0.534. The van der Waals surface area contributed by atoms with Gasteiger partial charge < -0.3 is 15.2 Å². The van der Waals surface area contributed by atoms with E-state index in [1.807, 2.05) is 6.92 Å². The molecule has 0 bridgehead atoms. The minimum atomic E-state index is -0.917. The van der Waals surface area contributed by atoms with Gasteiger partial charge in [0.15, 0.2) is 0 Å². The molecule has 1 amide bonds. The van der Waals surface area contributed by atoms with Crippen molar-refractivity contribution in [1.82, 2.24) is 15.5 Å². The Morgan fingerprint density at radius 2 is 2.13 bits per heavy atom. The first-order valence-electron chi connectivity index (χ1n) is 8.49. The van der Waals surface area contributed by atoms with E-state index < -0.39 is 12.0 Å². The summed E-state index contributed by atoms with van der Waals surface area (Å²) in [6.45, 7) is 10.2. The fourth-order valence-corrected chi connectivity index (χ4v) is 2.69. The average molecular weight is 329 g/mol. The van der Waals surface area contributed by atoms with Gasteiger partial charge in [0.1, 0.15) is 6.04 Å². The SMILES string of the molecule is CCCC(NCC(=O)NCC1CN(CC(C)C)CCO1)C(=O)O. The highest BCUT2D eigenvalue weighted by Crippen LogP contribution is 2.07. The van der Waals surface area contributed by atoms with Crippen LogP contribution >= 0.6 is 0 Å². The summed E-state index contributed by atoms with van der Waals surface area (Å²) in [4.78, 5) is 25.2. The predicted molar refractivity (Wildman–Crippen MR) is 88.4 cm³/mol. The van der Waals surface area contributed by atoms with Gasteiger partial charge >= 0.3 is 5.97 Å². The van der Waals surface area contributed by atoms with Gasteiger partial charge in [0.2, 0.25) is 5.91 Å². The Morgan fingerprint density at radius 3 is 2.74 bits per heavy atom. The number of morpholine rings is 1. The topological polar surface area (TPSA) is 90.9 Å². The smallest absolute Gasteiger partial charge is 0.320 e. The second-order valence-electron chi connectivity index (χ2n) is 6.51. The van der Waals surface area contributed by atoms with Crippen molar-refractivity contribution in [3.8, 4) is 0 Å². The van der Waals surface area contributed by atoms with Gasteiger partial charge in [-0.3, -0.25) is 19.8 Å². The zero-order chi connectivity index (χ0) is 17.2. The Hall–Kier alpha value is -1.18. The standard InChI is InChI=1S/C16H31N3O4/c1-4-5-14(16(21)22)17-9-15(20)18-8-13-11-19(6-7-23-13)10-12(2)3/h12-14,17H,4-11H2,1-3H3,(H,18,20)(H,21,22). The summed E-state index contributed by atoms with van der Waals surface area (Å²) in [7, 11) is 0. The van der Waals surface area contributed by atoms with E-state index in [4.69, 9.17) is 9.84 Å². The maximum atomic E-state index is 11.8. The van der Waals surface area contributed by atoms with Gasteiger partial charge in [-0.15, -0.1) is 0 Å². The van der Waals surface area contributed by atoms with Crippen LogP contribution in [0.1, 0.15) is 33.6 Å².